The van der Waals surface area contributed by atoms with Crippen LogP contribution in [0.15, 0.2) is 12.1 Å². The topological polar surface area (TPSA) is 29.5 Å². The summed E-state index contributed by atoms with van der Waals surface area (Å²) in [6.07, 6.45) is 2.24. The van der Waals surface area contributed by atoms with Gasteiger partial charge in [-0.1, -0.05) is 19.4 Å². The Morgan fingerprint density at radius 2 is 2.00 bits per heavy atom. The van der Waals surface area contributed by atoms with Crippen LogP contribution in [0.3, 0.4) is 0 Å². The Balaban J connectivity index is 2.63. The largest absolute Gasteiger partial charge is 0.508 e. The lowest BCUT2D eigenvalue weighted by molar-refractivity contribution is 0.117. The van der Waals surface area contributed by atoms with Crippen molar-refractivity contribution in [3.8, 4) is 5.75 Å². The van der Waals surface area contributed by atoms with Crippen molar-refractivity contribution in [2.75, 3.05) is 6.61 Å². The lowest BCUT2D eigenvalue weighted by Crippen LogP contribution is -1.99. The molecule has 0 saturated carbocycles. The molecule has 0 unspecified atom stereocenters. The van der Waals surface area contributed by atoms with Crippen molar-refractivity contribution in [3.63, 3.8) is 0 Å². The van der Waals surface area contributed by atoms with Crippen LogP contribution in [0.4, 0.5) is 0 Å². The van der Waals surface area contributed by atoms with E-state index in [0.29, 0.717) is 12.4 Å². The monoisotopic (exact) mass is 208 g/mol. The van der Waals surface area contributed by atoms with Gasteiger partial charge in [0, 0.05) is 6.61 Å². The van der Waals surface area contributed by atoms with Crippen molar-refractivity contribution >= 4 is 0 Å². The zero-order valence-corrected chi connectivity index (χ0v) is 9.84. The fraction of sp³-hybridized carbons (Fsp3) is 0.538. The summed E-state index contributed by atoms with van der Waals surface area (Å²) in [5.74, 6) is 0.356. The number of unbranched alkanes of at least 4 members (excludes halogenated alkanes) is 1. The third kappa shape index (κ3) is 3.24. The second-order valence-corrected chi connectivity index (χ2v) is 3.91. The standard InChI is InChI=1S/C13H20O2/c1-4-5-8-15-9-12-10(2)6-7-13(14)11(12)3/h6-7,14H,4-5,8-9H2,1-3H3. The smallest absolute Gasteiger partial charge is 0.118 e. The molecule has 0 amide bonds. The van der Waals surface area contributed by atoms with Gasteiger partial charge in [0.2, 0.25) is 0 Å². The molecule has 0 aliphatic rings. The third-order valence-electron chi connectivity index (χ3n) is 2.69. The minimum Gasteiger partial charge on any atom is -0.508 e. The molecule has 1 rings (SSSR count). The Morgan fingerprint density at radius 3 is 2.67 bits per heavy atom. The average molecular weight is 208 g/mol. The van der Waals surface area contributed by atoms with Crippen molar-refractivity contribution < 1.29 is 9.84 Å². The maximum Gasteiger partial charge on any atom is 0.118 e. The molecule has 0 fully saturated rings. The number of hydrogen-bond acceptors (Lipinski definition) is 2. The number of phenols is 1. The molecule has 1 N–H and O–H groups in total. The molecule has 2 heteroatoms. The molecule has 84 valence electrons. The van der Waals surface area contributed by atoms with E-state index in [4.69, 9.17) is 4.74 Å². The summed E-state index contributed by atoms with van der Waals surface area (Å²) in [5.41, 5.74) is 3.24. The van der Waals surface area contributed by atoms with E-state index in [-0.39, 0.29) is 0 Å². The molecule has 1 aromatic rings. The second-order valence-electron chi connectivity index (χ2n) is 3.91. The van der Waals surface area contributed by atoms with E-state index in [9.17, 15) is 5.11 Å². The lowest BCUT2D eigenvalue weighted by atomic mass is 10.0. The Labute approximate surface area is 91.9 Å². The number of benzene rings is 1. The minimum absolute atomic E-state index is 0.356. The van der Waals surface area contributed by atoms with Crippen LogP contribution < -0.4 is 0 Å². The molecule has 0 atom stereocenters. The summed E-state index contributed by atoms with van der Waals surface area (Å²) < 4.78 is 5.57. The van der Waals surface area contributed by atoms with Gasteiger partial charge in [0.05, 0.1) is 6.61 Å². The zero-order valence-electron chi connectivity index (χ0n) is 9.84. The Kier molecular flexibility index (Phi) is 4.63. The van der Waals surface area contributed by atoms with Crippen LogP contribution in [0.2, 0.25) is 0 Å². The first-order valence-corrected chi connectivity index (χ1v) is 5.52. The van der Waals surface area contributed by atoms with Crippen molar-refractivity contribution in [3.05, 3.63) is 28.8 Å². The molecule has 2 nitrogen and oxygen atoms in total. The van der Waals surface area contributed by atoms with Gasteiger partial charge in [-0.2, -0.15) is 0 Å². The Hall–Kier alpha value is -1.02. The summed E-state index contributed by atoms with van der Waals surface area (Å²) in [4.78, 5) is 0. The highest BCUT2D eigenvalue weighted by Crippen LogP contribution is 2.23. The fourth-order valence-corrected chi connectivity index (χ4v) is 1.52. The van der Waals surface area contributed by atoms with Crippen LogP contribution in [-0.2, 0) is 11.3 Å². The molecule has 0 aromatic heterocycles. The van der Waals surface area contributed by atoms with Gasteiger partial charge in [-0.15, -0.1) is 0 Å². The van der Waals surface area contributed by atoms with Crippen LogP contribution in [0, 0.1) is 13.8 Å². The van der Waals surface area contributed by atoms with Crippen LogP contribution in [0.25, 0.3) is 0 Å². The fourth-order valence-electron chi connectivity index (χ4n) is 1.52. The number of rotatable bonds is 5. The predicted molar refractivity (Wildman–Crippen MR) is 62.1 cm³/mol. The number of aryl methyl sites for hydroxylation is 1. The molecule has 0 radical (unpaired) electrons. The van der Waals surface area contributed by atoms with E-state index in [1.54, 1.807) is 6.07 Å². The van der Waals surface area contributed by atoms with Gasteiger partial charge < -0.3 is 9.84 Å². The number of hydrogen-bond donors (Lipinski definition) is 1. The first-order valence-electron chi connectivity index (χ1n) is 5.52. The van der Waals surface area contributed by atoms with Crippen LogP contribution in [-0.4, -0.2) is 11.7 Å². The number of phenolic OH excluding ortho intramolecular Hbond substituents is 1. The SMILES string of the molecule is CCCCOCc1c(C)ccc(O)c1C. The highest BCUT2D eigenvalue weighted by Gasteiger charge is 2.06. The van der Waals surface area contributed by atoms with Crippen molar-refractivity contribution in [1.82, 2.24) is 0 Å². The molecule has 1 aromatic carbocycles. The highest BCUT2D eigenvalue weighted by molar-refractivity contribution is 5.42. The van der Waals surface area contributed by atoms with E-state index < -0.39 is 0 Å². The molecular weight excluding hydrogens is 188 g/mol. The molecule has 0 saturated heterocycles. The molecule has 0 bridgehead atoms. The predicted octanol–water partition coefficient (Wildman–Crippen LogP) is 3.33. The maximum atomic E-state index is 9.57. The maximum absolute atomic E-state index is 9.57. The average Bonchev–Trinajstić information content (AvgIpc) is 2.23. The van der Waals surface area contributed by atoms with Crippen LogP contribution in [0.1, 0.15) is 36.5 Å². The van der Waals surface area contributed by atoms with Gasteiger partial charge >= 0.3 is 0 Å². The molecule has 0 aliphatic carbocycles. The number of ether oxygens (including phenoxy) is 1. The minimum atomic E-state index is 0.356. The van der Waals surface area contributed by atoms with Crippen LogP contribution in [0.5, 0.6) is 5.75 Å². The van der Waals surface area contributed by atoms with E-state index >= 15 is 0 Å². The van der Waals surface area contributed by atoms with Crippen molar-refractivity contribution in [2.24, 2.45) is 0 Å². The van der Waals surface area contributed by atoms with Gasteiger partial charge in [0.15, 0.2) is 0 Å². The normalized spacial score (nSPS) is 10.6. The van der Waals surface area contributed by atoms with E-state index in [0.717, 1.165) is 30.6 Å². The second kappa shape index (κ2) is 5.76. The van der Waals surface area contributed by atoms with Crippen molar-refractivity contribution in [1.29, 1.82) is 0 Å². The molecule has 0 aliphatic heterocycles. The zero-order chi connectivity index (χ0) is 11.3. The Bertz CT molecular complexity index is 319. The quantitative estimate of drug-likeness (QED) is 0.752. The number of aromatic hydroxyl groups is 1. The van der Waals surface area contributed by atoms with Gasteiger partial charge in [-0.25, -0.2) is 0 Å². The Morgan fingerprint density at radius 1 is 1.27 bits per heavy atom. The van der Waals surface area contributed by atoms with E-state index in [1.807, 2.05) is 19.9 Å². The van der Waals surface area contributed by atoms with Crippen molar-refractivity contribution in [2.45, 2.75) is 40.2 Å². The summed E-state index contributed by atoms with van der Waals surface area (Å²) in [6, 6.07) is 3.67. The van der Waals surface area contributed by atoms with Gasteiger partial charge in [-0.05, 0) is 43.0 Å². The highest BCUT2D eigenvalue weighted by atomic mass is 16.5. The summed E-state index contributed by atoms with van der Waals surface area (Å²) >= 11 is 0. The molecule has 0 spiro atoms. The summed E-state index contributed by atoms with van der Waals surface area (Å²) in [5, 5.41) is 9.57. The third-order valence-corrected chi connectivity index (χ3v) is 2.69. The van der Waals surface area contributed by atoms with Crippen LogP contribution >= 0.6 is 0 Å². The summed E-state index contributed by atoms with van der Waals surface area (Å²) in [6.45, 7) is 7.52. The first kappa shape index (κ1) is 12.1. The summed E-state index contributed by atoms with van der Waals surface area (Å²) in [7, 11) is 0. The molecule has 0 heterocycles. The van der Waals surface area contributed by atoms with Gasteiger partial charge in [0.1, 0.15) is 5.75 Å². The van der Waals surface area contributed by atoms with E-state index in [1.165, 1.54) is 5.56 Å². The molecular formula is C13H20O2. The first-order chi connectivity index (χ1) is 7.16. The van der Waals surface area contributed by atoms with E-state index in [2.05, 4.69) is 6.92 Å². The lowest BCUT2D eigenvalue weighted by Gasteiger charge is -2.11. The van der Waals surface area contributed by atoms with Gasteiger partial charge in [-0.3, -0.25) is 0 Å². The van der Waals surface area contributed by atoms with Gasteiger partial charge in [0.25, 0.3) is 0 Å². The molecule has 15 heavy (non-hydrogen) atoms.